The van der Waals surface area contributed by atoms with Gasteiger partial charge in [0.25, 0.3) is 0 Å². The Balaban J connectivity index is 2.19. The van der Waals surface area contributed by atoms with Crippen molar-refractivity contribution in [1.82, 2.24) is 4.98 Å². The van der Waals surface area contributed by atoms with Gasteiger partial charge < -0.3 is 9.72 Å². The van der Waals surface area contributed by atoms with Gasteiger partial charge in [-0.05, 0) is 19.4 Å². The number of hydrogen-bond acceptors (Lipinski definition) is 2. The Hall–Kier alpha value is -1.77. The van der Waals surface area contributed by atoms with Crippen LogP contribution in [0.1, 0.15) is 37.0 Å². The van der Waals surface area contributed by atoms with E-state index in [0.717, 1.165) is 23.7 Å². The van der Waals surface area contributed by atoms with Crippen molar-refractivity contribution in [2.75, 3.05) is 0 Å². The molecule has 0 saturated carbocycles. The van der Waals surface area contributed by atoms with Crippen LogP contribution in [0.25, 0.3) is 10.9 Å². The van der Waals surface area contributed by atoms with Crippen LogP contribution in [0.2, 0.25) is 0 Å². The highest BCUT2D eigenvalue weighted by Crippen LogP contribution is 2.19. The number of aromatic amines is 1. The van der Waals surface area contributed by atoms with Gasteiger partial charge in [-0.25, -0.2) is 4.79 Å². The zero-order valence-corrected chi connectivity index (χ0v) is 10.2. The third kappa shape index (κ3) is 2.49. The van der Waals surface area contributed by atoms with E-state index in [1.54, 1.807) is 6.20 Å². The number of esters is 1. The fraction of sp³-hybridized carbons (Fsp3) is 0.357. The zero-order valence-electron chi connectivity index (χ0n) is 10.2. The Morgan fingerprint density at radius 3 is 2.94 bits per heavy atom. The van der Waals surface area contributed by atoms with Gasteiger partial charge in [-0.1, -0.05) is 31.5 Å². The van der Waals surface area contributed by atoms with Crippen molar-refractivity contribution >= 4 is 16.9 Å². The first-order chi connectivity index (χ1) is 8.22. The van der Waals surface area contributed by atoms with Crippen LogP contribution in [-0.2, 0) is 4.74 Å². The Kier molecular flexibility index (Phi) is 3.47. The molecule has 1 heterocycles. The highest BCUT2D eigenvalue weighted by atomic mass is 16.5. The molecule has 1 N–H and O–H groups in total. The Bertz CT molecular complexity index is 516. The van der Waals surface area contributed by atoms with Gasteiger partial charge in [-0.3, -0.25) is 0 Å². The van der Waals surface area contributed by atoms with Crippen LogP contribution < -0.4 is 0 Å². The van der Waals surface area contributed by atoms with Gasteiger partial charge in [0.15, 0.2) is 0 Å². The maximum absolute atomic E-state index is 12.0. The number of carbonyl (C=O) groups is 1. The number of para-hydroxylation sites is 1. The molecule has 0 aliphatic rings. The lowest BCUT2D eigenvalue weighted by Gasteiger charge is -2.11. The number of nitrogens with one attached hydrogen (secondary N) is 1. The second kappa shape index (κ2) is 5.04. The summed E-state index contributed by atoms with van der Waals surface area (Å²) in [6.45, 7) is 4.01. The van der Waals surface area contributed by atoms with Gasteiger partial charge in [0.2, 0.25) is 0 Å². The summed E-state index contributed by atoms with van der Waals surface area (Å²) in [5.74, 6) is -0.247. The van der Waals surface area contributed by atoms with E-state index in [-0.39, 0.29) is 12.1 Å². The largest absolute Gasteiger partial charge is 0.459 e. The molecule has 90 valence electrons. The van der Waals surface area contributed by atoms with E-state index in [2.05, 4.69) is 11.9 Å². The summed E-state index contributed by atoms with van der Waals surface area (Å²) in [6.07, 6.45) is 3.60. The third-order valence-corrected chi connectivity index (χ3v) is 2.81. The lowest BCUT2D eigenvalue weighted by molar-refractivity contribution is 0.0326. The molecule has 17 heavy (non-hydrogen) atoms. The summed E-state index contributed by atoms with van der Waals surface area (Å²) in [4.78, 5) is 15.0. The minimum atomic E-state index is -0.247. The van der Waals surface area contributed by atoms with E-state index >= 15 is 0 Å². The Labute approximate surface area is 101 Å². The minimum Gasteiger partial charge on any atom is -0.459 e. The monoisotopic (exact) mass is 231 g/mol. The standard InChI is InChI=1S/C14H17NO2/c1-3-6-10(2)17-14(16)12-9-15-13-8-5-4-7-11(12)13/h4-5,7-10,15H,3,6H2,1-2H3. The average Bonchev–Trinajstić information content (AvgIpc) is 2.72. The van der Waals surface area contributed by atoms with Crippen molar-refractivity contribution < 1.29 is 9.53 Å². The number of ether oxygens (including phenoxy) is 1. The van der Waals surface area contributed by atoms with Crippen LogP contribution in [0.4, 0.5) is 0 Å². The number of aromatic nitrogens is 1. The molecular weight excluding hydrogens is 214 g/mol. The van der Waals surface area contributed by atoms with Gasteiger partial charge in [0.05, 0.1) is 11.7 Å². The second-order valence-corrected chi connectivity index (χ2v) is 4.25. The summed E-state index contributed by atoms with van der Waals surface area (Å²) < 4.78 is 5.38. The van der Waals surface area contributed by atoms with Crippen LogP contribution in [0.5, 0.6) is 0 Å². The molecule has 1 atom stereocenters. The van der Waals surface area contributed by atoms with E-state index in [1.165, 1.54) is 0 Å². The summed E-state index contributed by atoms with van der Waals surface area (Å²) in [7, 11) is 0. The number of benzene rings is 1. The molecule has 0 spiro atoms. The van der Waals surface area contributed by atoms with Crippen LogP contribution >= 0.6 is 0 Å². The number of hydrogen-bond donors (Lipinski definition) is 1. The highest BCUT2D eigenvalue weighted by Gasteiger charge is 2.15. The minimum absolute atomic E-state index is 0.0267. The maximum Gasteiger partial charge on any atom is 0.340 e. The van der Waals surface area contributed by atoms with Crippen molar-refractivity contribution in [2.24, 2.45) is 0 Å². The predicted octanol–water partition coefficient (Wildman–Crippen LogP) is 3.51. The van der Waals surface area contributed by atoms with Crippen LogP contribution in [0.15, 0.2) is 30.5 Å². The smallest absolute Gasteiger partial charge is 0.340 e. The molecule has 3 heteroatoms. The lowest BCUT2D eigenvalue weighted by Crippen LogP contribution is -2.14. The van der Waals surface area contributed by atoms with E-state index in [0.29, 0.717) is 5.56 Å². The fourth-order valence-corrected chi connectivity index (χ4v) is 1.95. The highest BCUT2D eigenvalue weighted by molar-refractivity contribution is 6.04. The zero-order chi connectivity index (χ0) is 12.3. The quantitative estimate of drug-likeness (QED) is 0.818. The first-order valence-electron chi connectivity index (χ1n) is 5.99. The summed E-state index contributed by atoms with van der Waals surface area (Å²) in [5, 5.41) is 0.918. The molecule has 2 rings (SSSR count). The van der Waals surface area contributed by atoms with Gasteiger partial charge >= 0.3 is 5.97 Å². The van der Waals surface area contributed by atoms with E-state index in [9.17, 15) is 4.79 Å². The number of fused-ring (bicyclic) bond motifs is 1. The molecule has 2 aromatic rings. The van der Waals surface area contributed by atoms with E-state index in [4.69, 9.17) is 4.74 Å². The molecule has 0 amide bonds. The SMILES string of the molecule is CCCC(C)OC(=O)c1c[nH]c2ccccc12. The van der Waals surface area contributed by atoms with Crippen LogP contribution in [0, 0.1) is 0 Å². The molecule has 0 fully saturated rings. The van der Waals surface area contributed by atoms with Crippen molar-refractivity contribution in [3.8, 4) is 0 Å². The molecule has 0 saturated heterocycles. The first kappa shape index (κ1) is 11.7. The van der Waals surface area contributed by atoms with Gasteiger partial charge in [0.1, 0.15) is 0 Å². The molecule has 0 bridgehead atoms. The van der Waals surface area contributed by atoms with E-state index < -0.39 is 0 Å². The molecule has 0 radical (unpaired) electrons. The summed E-state index contributed by atoms with van der Waals surface area (Å²) in [5.41, 5.74) is 1.58. The summed E-state index contributed by atoms with van der Waals surface area (Å²) in [6, 6.07) is 7.73. The molecule has 0 aliphatic carbocycles. The fourth-order valence-electron chi connectivity index (χ4n) is 1.95. The molecule has 1 aromatic carbocycles. The van der Waals surface area contributed by atoms with Crippen LogP contribution in [0.3, 0.4) is 0 Å². The molecular formula is C14H17NO2. The lowest BCUT2D eigenvalue weighted by atomic mass is 10.2. The number of carbonyl (C=O) groups excluding carboxylic acids is 1. The maximum atomic E-state index is 12.0. The van der Waals surface area contributed by atoms with Gasteiger partial charge in [-0.2, -0.15) is 0 Å². The van der Waals surface area contributed by atoms with E-state index in [1.807, 2.05) is 31.2 Å². The van der Waals surface area contributed by atoms with Crippen molar-refractivity contribution in [3.63, 3.8) is 0 Å². The van der Waals surface area contributed by atoms with Crippen LogP contribution in [-0.4, -0.2) is 17.1 Å². The van der Waals surface area contributed by atoms with Crippen molar-refractivity contribution in [3.05, 3.63) is 36.0 Å². The van der Waals surface area contributed by atoms with Crippen molar-refractivity contribution in [2.45, 2.75) is 32.8 Å². The molecule has 1 aromatic heterocycles. The predicted molar refractivity (Wildman–Crippen MR) is 68.1 cm³/mol. The van der Waals surface area contributed by atoms with Gasteiger partial charge in [-0.15, -0.1) is 0 Å². The topological polar surface area (TPSA) is 42.1 Å². The van der Waals surface area contributed by atoms with Crippen molar-refractivity contribution in [1.29, 1.82) is 0 Å². The van der Waals surface area contributed by atoms with Gasteiger partial charge in [0, 0.05) is 17.1 Å². The average molecular weight is 231 g/mol. The second-order valence-electron chi connectivity index (χ2n) is 4.25. The molecule has 0 aliphatic heterocycles. The molecule has 1 unspecified atom stereocenters. The third-order valence-electron chi connectivity index (χ3n) is 2.81. The summed E-state index contributed by atoms with van der Waals surface area (Å²) >= 11 is 0. The Morgan fingerprint density at radius 1 is 1.41 bits per heavy atom. The normalized spacial score (nSPS) is 12.6. The number of rotatable bonds is 4. The number of H-pyrrole nitrogens is 1. The molecule has 3 nitrogen and oxygen atoms in total. The first-order valence-corrected chi connectivity index (χ1v) is 5.99. The Morgan fingerprint density at radius 2 is 2.18 bits per heavy atom.